The van der Waals surface area contributed by atoms with Gasteiger partial charge in [0, 0.05) is 37.2 Å². The van der Waals surface area contributed by atoms with Crippen molar-refractivity contribution < 1.29 is 19.0 Å². The van der Waals surface area contributed by atoms with Crippen LogP contribution >= 0.6 is 0 Å². The van der Waals surface area contributed by atoms with Crippen molar-refractivity contribution in [2.75, 3.05) is 49.7 Å². The van der Waals surface area contributed by atoms with Crippen molar-refractivity contribution in [2.45, 2.75) is 45.1 Å². The van der Waals surface area contributed by atoms with E-state index >= 15 is 0 Å². The molecular weight excluding hydrogens is 510 g/mol. The molecule has 0 spiro atoms. The third-order valence-corrected chi connectivity index (χ3v) is 7.23. The van der Waals surface area contributed by atoms with Crippen molar-refractivity contribution in [1.29, 1.82) is 5.26 Å². The minimum Gasteiger partial charge on any atom is -0.472 e. The van der Waals surface area contributed by atoms with Gasteiger partial charge >= 0.3 is 0 Å². The highest BCUT2D eigenvalue weighted by molar-refractivity contribution is 6.05. The molecular formula is C29H33N7O4. The summed E-state index contributed by atoms with van der Waals surface area (Å²) in [6.07, 6.45) is 4.49. The molecule has 0 radical (unpaired) electrons. The lowest BCUT2D eigenvalue weighted by Gasteiger charge is -2.31. The number of anilines is 2. The number of rotatable bonds is 7. The Morgan fingerprint density at radius 3 is 2.55 bits per heavy atom. The summed E-state index contributed by atoms with van der Waals surface area (Å²) in [4.78, 5) is 15.3. The van der Waals surface area contributed by atoms with Crippen LogP contribution < -0.4 is 15.0 Å². The van der Waals surface area contributed by atoms with Gasteiger partial charge in [0.05, 0.1) is 61.6 Å². The van der Waals surface area contributed by atoms with Gasteiger partial charge in [-0.05, 0) is 50.1 Å². The molecule has 2 aromatic heterocycles. The number of carbonyl (C=O) groups is 1. The lowest BCUT2D eigenvalue weighted by atomic mass is 9.83. The number of hydrogen-bond donors (Lipinski definition) is 1. The summed E-state index contributed by atoms with van der Waals surface area (Å²) in [6.45, 7) is 9.60. The molecule has 0 bridgehead atoms. The number of hydrogen-bond acceptors (Lipinski definition) is 10. The van der Waals surface area contributed by atoms with E-state index in [1.807, 2.05) is 39.0 Å². The summed E-state index contributed by atoms with van der Waals surface area (Å²) in [7, 11) is 0. The van der Waals surface area contributed by atoms with Gasteiger partial charge < -0.3 is 24.4 Å². The Morgan fingerprint density at radius 1 is 1.10 bits per heavy atom. The molecule has 1 N–H and O–H groups in total. The van der Waals surface area contributed by atoms with E-state index in [2.05, 4.69) is 36.7 Å². The molecule has 208 valence electrons. The second-order valence-electron chi connectivity index (χ2n) is 10.5. The van der Waals surface area contributed by atoms with Crippen molar-refractivity contribution in [1.82, 2.24) is 20.4 Å². The molecule has 0 saturated carbocycles. The number of nitrogens with one attached hydrogen (secondary N) is 1. The third kappa shape index (κ3) is 6.03. The number of carbonyl (C=O) groups excluding carboxylic acids is 1. The molecule has 1 amide bonds. The van der Waals surface area contributed by atoms with Gasteiger partial charge in [0.25, 0.3) is 11.8 Å². The maximum absolute atomic E-state index is 13.1. The van der Waals surface area contributed by atoms with Gasteiger partial charge in [-0.3, -0.25) is 4.79 Å². The van der Waals surface area contributed by atoms with Crippen LogP contribution in [0.3, 0.4) is 0 Å². The molecule has 0 unspecified atom stereocenters. The third-order valence-electron chi connectivity index (χ3n) is 7.23. The predicted octanol–water partition coefficient (Wildman–Crippen LogP) is 3.69. The highest BCUT2D eigenvalue weighted by Gasteiger charge is 2.28. The summed E-state index contributed by atoms with van der Waals surface area (Å²) in [5, 5.41) is 29.5. The van der Waals surface area contributed by atoms with E-state index in [0.29, 0.717) is 67.9 Å². The van der Waals surface area contributed by atoms with E-state index in [4.69, 9.17) is 14.2 Å². The number of aryl methyl sites for hydroxylation is 1. The molecule has 2 saturated heterocycles. The van der Waals surface area contributed by atoms with Crippen LogP contribution in [0.2, 0.25) is 0 Å². The van der Waals surface area contributed by atoms with E-state index < -0.39 is 5.41 Å². The Morgan fingerprint density at radius 2 is 1.85 bits per heavy atom. The number of ether oxygens (including phenoxy) is 3. The molecule has 2 aliphatic heterocycles. The van der Waals surface area contributed by atoms with Crippen LogP contribution in [-0.4, -0.2) is 71.9 Å². The van der Waals surface area contributed by atoms with Crippen molar-refractivity contribution in [2.24, 2.45) is 0 Å². The van der Waals surface area contributed by atoms with E-state index in [9.17, 15) is 10.1 Å². The number of aromatic nitrogens is 4. The number of nitriles is 1. The maximum atomic E-state index is 13.1. The van der Waals surface area contributed by atoms with Crippen LogP contribution in [0.15, 0.2) is 36.7 Å². The number of nitrogens with zero attached hydrogens (tertiary/aromatic N) is 6. The lowest BCUT2D eigenvalue weighted by Crippen LogP contribution is -2.37. The fourth-order valence-corrected chi connectivity index (χ4v) is 4.85. The highest BCUT2D eigenvalue weighted by atomic mass is 16.5. The molecule has 40 heavy (non-hydrogen) atoms. The van der Waals surface area contributed by atoms with Gasteiger partial charge in [0.1, 0.15) is 11.8 Å². The second kappa shape index (κ2) is 11.9. The van der Waals surface area contributed by atoms with E-state index in [1.165, 1.54) is 12.4 Å². The molecule has 5 rings (SSSR count). The van der Waals surface area contributed by atoms with Crippen LogP contribution in [-0.2, 0) is 14.9 Å². The quantitative estimate of drug-likeness (QED) is 0.470. The van der Waals surface area contributed by atoms with E-state index in [0.717, 1.165) is 29.7 Å². The van der Waals surface area contributed by atoms with Gasteiger partial charge in [0.2, 0.25) is 0 Å². The summed E-state index contributed by atoms with van der Waals surface area (Å²) in [5.74, 6) is 0.149. The number of morpholine rings is 1. The van der Waals surface area contributed by atoms with Crippen LogP contribution in [0.5, 0.6) is 5.88 Å². The highest BCUT2D eigenvalue weighted by Crippen LogP contribution is 2.38. The summed E-state index contributed by atoms with van der Waals surface area (Å²) < 4.78 is 17.4. The Labute approximate surface area is 233 Å². The van der Waals surface area contributed by atoms with Gasteiger partial charge in [-0.15, -0.1) is 10.2 Å². The Bertz CT molecular complexity index is 1400. The molecule has 4 heterocycles. The Balaban J connectivity index is 1.55. The first-order chi connectivity index (χ1) is 19.4. The van der Waals surface area contributed by atoms with Crippen LogP contribution in [0, 0.1) is 18.3 Å². The minimum atomic E-state index is -0.853. The van der Waals surface area contributed by atoms with Crippen LogP contribution in [0.1, 0.15) is 48.2 Å². The lowest BCUT2D eigenvalue weighted by molar-refractivity contribution is 0.0234. The van der Waals surface area contributed by atoms with Gasteiger partial charge in [-0.25, -0.2) is 0 Å². The van der Waals surface area contributed by atoms with Crippen LogP contribution in [0.25, 0.3) is 11.3 Å². The van der Waals surface area contributed by atoms with E-state index in [-0.39, 0.29) is 12.0 Å². The van der Waals surface area contributed by atoms with Gasteiger partial charge in [-0.2, -0.15) is 15.5 Å². The predicted molar refractivity (Wildman–Crippen MR) is 148 cm³/mol. The average Bonchev–Trinajstić information content (AvgIpc) is 2.99. The first kappa shape index (κ1) is 27.4. The van der Waals surface area contributed by atoms with Crippen molar-refractivity contribution in [3.8, 4) is 23.2 Å². The number of benzene rings is 1. The first-order valence-corrected chi connectivity index (χ1v) is 13.5. The second-order valence-corrected chi connectivity index (χ2v) is 10.5. The monoisotopic (exact) mass is 543 g/mol. The zero-order valence-corrected chi connectivity index (χ0v) is 23.0. The van der Waals surface area contributed by atoms with Crippen molar-refractivity contribution >= 4 is 17.3 Å². The molecule has 1 aromatic carbocycles. The van der Waals surface area contributed by atoms with Crippen molar-refractivity contribution in [3.05, 3.63) is 53.3 Å². The van der Waals surface area contributed by atoms with Gasteiger partial charge in [0.15, 0.2) is 0 Å². The molecule has 3 aromatic rings. The van der Waals surface area contributed by atoms with Crippen LogP contribution in [0.4, 0.5) is 11.4 Å². The van der Waals surface area contributed by atoms with Crippen molar-refractivity contribution in [3.63, 3.8) is 0 Å². The standard InChI is InChI=1S/C29H33N7O4/c1-19-14-23(29(2,3)18-30)25(33-27(37)20-4-7-31-32-17-20)15-22(19)24-16-26(36-8-12-39-13-9-36)28(35-34-24)40-21-5-10-38-11-6-21/h4,7,14-17,21H,5-6,8-13H2,1-3H3,(H,33,37). The minimum absolute atomic E-state index is 0.0208. The fraction of sp³-hybridized carbons (Fsp3) is 0.448. The smallest absolute Gasteiger partial charge is 0.257 e. The molecule has 11 nitrogen and oxygen atoms in total. The molecule has 0 atom stereocenters. The topological polar surface area (TPSA) is 135 Å². The van der Waals surface area contributed by atoms with E-state index in [1.54, 1.807) is 6.07 Å². The first-order valence-electron chi connectivity index (χ1n) is 13.5. The summed E-state index contributed by atoms with van der Waals surface area (Å²) in [6, 6.07) is 9.72. The molecule has 2 aliphatic rings. The zero-order chi connectivity index (χ0) is 28.1. The normalized spacial score (nSPS) is 16.3. The molecule has 0 aliphatic carbocycles. The van der Waals surface area contributed by atoms with Gasteiger partial charge in [-0.1, -0.05) is 6.07 Å². The zero-order valence-electron chi connectivity index (χ0n) is 23.0. The SMILES string of the molecule is Cc1cc(C(C)(C)C#N)c(NC(=O)c2ccnnc2)cc1-c1cc(N2CCOCC2)c(OC2CCOCC2)nn1. The average molecular weight is 544 g/mol. The maximum Gasteiger partial charge on any atom is 0.257 e. The Kier molecular flexibility index (Phi) is 8.19. The Hall–Kier alpha value is -4.14. The molecule has 11 heteroatoms. The molecule has 2 fully saturated rings. The summed E-state index contributed by atoms with van der Waals surface area (Å²) in [5.41, 5.74) is 3.92. The largest absolute Gasteiger partial charge is 0.472 e. The summed E-state index contributed by atoms with van der Waals surface area (Å²) >= 11 is 0. The fourth-order valence-electron chi connectivity index (χ4n) is 4.85. The number of amides is 1.